The van der Waals surface area contributed by atoms with E-state index in [2.05, 4.69) is 11.1 Å². The summed E-state index contributed by atoms with van der Waals surface area (Å²) in [5, 5.41) is 9.00. The van der Waals surface area contributed by atoms with Crippen LogP contribution < -0.4 is 0 Å². The van der Waals surface area contributed by atoms with Gasteiger partial charge in [-0.1, -0.05) is 30.2 Å². The fraction of sp³-hybridized carbons (Fsp3) is 0.429. The van der Waals surface area contributed by atoms with Gasteiger partial charge in [-0.3, -0.25) is 4.79 Å². The molecule has 0 atom stereocenters. The Bertz CT molecular complexity index is 412. The second-order valence-corrected chi connectivity index (χ2v) is 4.64. The molecule has 0 spiro atoms. The van der Waals surface area contributed by atoms with E-state index in [0.29, 0.717) is 5.15 Å². The zero-order chi connectivity index (χ0) is 13.4. The third kappa shape index (κ3) is 5.82. The number of carbonyl (C=O) groups is 1. The number of halogens is 1. The van der Waals surface area contributed by atoms with E-state index in [1.54, 1.807) is 12.3 Å². The van der Waals surface area contributed by atoms with Gasteiger partial charge >= 0.3 is 5.97 Å². The number of carboxylic acids is 1. The fourth-order valence-corrected chi connectivity index (χ4v) is 1.75. The Morgan fingerprint density at radius 1 is 1.39 bits per heavy atom. The first-order valence-corrected chi connectivity index (χ1v) is 6.48. The summed E-state index contributed by atoms with van der Waals surface area (Å²) in [4.78, 5) is 14.4. The highest BCUT2D eigenvalue weighted by atomic mass is 35.5. The van der Waals surface area contributed by atoms with E-state index in [0.717, 1.165) is 31.2 Å². The van der Waals surface area contributed by atoms with Crippen LogP contribution in [0.3, 0.4) is 0 Å². The summed E-state index contributed by atoms with van der Waals surface area (Å²) in [6.45, 7) is 2.04. The van der Waals surface area contributed by atoms with Crippen molar-refractivity contribution < 1.29 is 9.90 Å². The van der Waals surface area contributed by atoms with E-state index in [9.17, 15) is 4.79 Å². The minimum atomic E-state index is -0.714. The van der Waals surface area contributed by atoms with Crippen LogP contribution in [0.1, 0.15) is 44.6 Å². The maximum atomic E-state index is 10.3. The van der Waals surface area contributed by atoms with Crippen LogP contribution in [0, 0.1) is 0 Å². The molecule has 0 bridgehead atoms. The van der Waals surface area contributed by atoms with Gasteiger partial charge in [0.15, 0.2) is 0 Å². The maximum absolute atomic E-state index is 10.3. The number of unbranched alkanes of at least 4 members (excludes halogenated alkanes) is 3. The molecule has 3 nitrogen and oxygen atoms in total. The third-order valence-electron chi connectivity index (χ3n) is 2.73. The number of aliphatic carboxylic acids is 1. The number of carboxylic acid groups (broad SMARTS) is 1. The number of hydrogen-bond acceptors (Lipinski definition) is 2. The largest absolute Gasteiger partial charge is 0.481 e. The molecule has 1 aromatic rings. The van der Waals surface area contributed by atoms with Crippen molar-refractivity contribution in [3.8, 4) is 0 Å². The van der Waals surface area contributed by atoms with Crippen LogP contribution >= 0.6 is 11.6 Å². The Labute approximate surface area is 113 Å². The SMILES string of the molecule is C/C(=C\CCCCCC(=O)O)c1ccc(Cl)nc1. The Hall–Kier alpha value is -1.35. The predicted octanol–water partition coefficient (Wildman–Crippen LogP) is 4.17. The highest BCUT2D eigenvalue weighted by molar-refractivity contribution is 6.29. The monoisotopic (exact) mass is 267 g/mol. The molecule has 1 aromatic heterocycles. The molecule has 0 aliphatic carbocycles. The molecule has 98 valence electrons. The second-order valence-electron chi connectivity index (χ2n) is 4.25. The van der Waals surface area contributed by atoms with Crippen molar-refractivity contribution in [2.45, 2.75) is 39.0 Å². The molecule has 1 N–H and O–H groups in total. The Morgan fingerprint density at radius 3 is 2.78 bits per heavy atom. The number of hydrogen-bond donors (Lipinski definition) is 1. The molecule has 1 rings (SSSR count). The fourth-order valence-electron chi connectivity index (χ4n) is 1.64. The standard InChI is InChI=1S/C14H18ClNO2/c1-11(12-8-9-13(15)16-10-12)6-4-2-3-5-7-14(17)18/h6,8-10H,2-5,7H2,1H3,(H,17,18)/b11-6+. The van der Waals surface area contributed by atoms with Gasteiger partial charge in [-0.05, 0) is 43.4 Å². The molecular formula is C14H18ClNO2. The summed E-state index contributed by atoms with van der Waals surface area (Å²) in [6.07, 6.45) is 7.88. The molecule has 0 aromatic carbocycles. The predicted molar refractivity (Wildman–Crippen MR) is 73.6 cm³/mol. The molecule has 1 heterocycles. The summed E-state index contributed by atoms with van der Waals surface area (Å²) in [5.74, 6) is -0.714. The molecule has 18 heavy (non-hydrogen) atoms. The first-order chi connectivity index (χ1) is 8.59. The minimum absolute atomic E-state index is 0.268. The van der Waals surface area contributed by atoms with Gasteiger partial charge < -0.3 is 5.11 Å². The van der Waals surface area contributed by atoms with Crippen molar-refractivity contribution in [2.75, 3.05) is 0 Å². The van der Waals surface area contributed by atoms with E-state index >= 15 is 0 Å². The number of aromatic nitrogens is 1. The lowest BCUT2D eigenvalue weighted by Gasteiger charge is -2.01. The van der Waals surface area contributed by atoms with Gasteiger partial charge in [0.25, 0.3) is 0 Å². The molecular weight excluding hydrogens is 250 g/mol. The van der Waals surface area contributed by atoms with Crippen LogP contribution in [0.2, 0.25) is 5.15 Å². The summed E-state index contributed by atoms with van der Waals surface area (Å²) >= 11 is 5.72. The van der Waals surface area contributed by atoms with Gasteiger partial charge in [0.05, 0.1) is 0 Å². The van der Waals surface area contributed by atoms with E-state index in [-0.39, 0.29) is 6.42 Å². The molecule has 0 saturated heterocycles. The maximum Gasteiger partial charge on any atom is 0.303 e. The summed E-state index contributed by atoms with van der Waals surface area (Å²) in [6, 6.07) is 3.73. The van der Waals surface area contributed by atoms with E-state index in [1.807, 2.05) is 13.0 Å². The van der Waals surface area contributed by atoms with Crippen molar-refractivity contribution in [3.63, 3.8) is 0 Å². The first kappa shape index (κ1) is 14.7. The average Bonchev–Trinajstić information content (AvgIpc) is 2.34. The van der Waals surface area contributed by atoms with Crippen LogP contribution in [-0.2, 0) is 4.79 Å². The van der Waals surface area contributed by atoms with E-state index in [1.165, 1.54) is 5.57 Å². The lowest BCUT2D eigenvalue weighted by Crippen LogP contribution is -1.93. The van der Waals surface area contributed by atoms with Gasteiger partial charge in [-0.2, -0.15) is 0 Å². The van der Waals surface area contributed by atoms with Crippen LogP contribution in [0.5, 0.6) is 0 Å². The molecule has 0 radical (unpaired) electrons. The average molecular weight is 268 g/mol. The smallest absolute Gasteiger partial charge is 0.303 e. The topological polar surface area (TPSA) is 50.2 Å². The minimum Gasteiger partial charge on any atom is -0.481 e. The number of pyridine rings is 1. The van der Waals surface area contributed by atoms with Gasteiger partial charge in [0.2, 0.25) is 0 Å². The van der Waals surface area contributed by atoms with Crippen LogP contribution in [0.25, 0.3) is 5.57 Å². The number of rotatable bonds is 7. The number of nitrogens with zero attached hydrogens (tertiary/aromatic N) is 1. The van der Waals surface area contributed by atoms with Crippen molar-refractivity contribution >= 4 is 23.1 Å². The summed E-state index contributed by atoms with van der Waals surface area (Å²) in [7, 11) is 0. The van der Waals surface area contributed by atoms with Crippen LogP contribution in [0.15, 0.2) is 24.4 Å². The van der Waals surface area contributed by atoms with Gasteiger partial charge in [0, 0.05) is 12.6 Å². The van der Waals surface area contributed by atoms with Crippen molar-refractivity contribution in [1.29, 1.82) is 0 Å². The quantitative estimate of drug-likeness (QED) is 0.596. The Morgan fingerprint density at radius 2 is 2.17 bits per heavy atom. The molecule has 0 aliphatic rings. The molecule has 4 heteroatoms. The number of allylic oxidation sites excluding steroid dienone is 2. The van der Waals surface area contributed by atoms with Crippen molar-refractivity contribution in [2.24, 2.45) is 0 Å². The molecule has 0 saturated carbocycles. The van der Waals surface area contributed by atoms with Crippen LogP contribution in [0.4, 0.5) is 0 Å². The van der Waals surface area contributed by atoms with E-state index in [4.69, 9.17) is 16.7 Å². The first-order valence-electron chi connectivity index (χ1n) is 6.10. The second kappa shape index (κ2) is 7.88. The normalized spacial score (nSPS) is 11.6. The van der Waals surface area contributed by atoms with Crippen molar-refractivity contribution in [1.82, 2.24) is 4.98 Å². The highest BCUT2D eigenvalue weighted by Gasteiger charge is 1.98. The lowest BCUT2D eigenvalue weighted by atomic mass is 10.1. The summed E-state index contributed by atoms with van der Waals surface area (Å²) in [5.41, 5.74) is 2.25. The van der Waals surface area contributed by atoms with E-state index < -0.39 is 5.97 Å². The van der Waals surface area contributed by atoms with Gasteiger partial charge in [-0.15, -0.1) is 0 Å². The summed E-state index contributed by atoms with van der Waals surface area (Å²) < 4.78 is 0. The molecule has 0 aliphatic heterocycles. The molecule has 0 amide bonds. The highest BCUT2D eigenvalue weighted by Crippen LogP contribution is 2.16. The zero-order valence-electron chi connectivity index (χ0n) is 10.5. The Balaban J connectivity index is 2.29. The Kier molecular flexibility index (Phi) is 6.44. The van der Waals surface area contributed by atoms with Gasteiger partial charge in [0.1, 0.15) is 5.15 Å². The van der Waals surface area contributed by atoms with Crippen molar-refractivity contribution in [3.05, 3.63) is 35.1 Å². The third-order valence-corrected chi connectivity index (χ3v) is 2.95. The molecule has 0 unspecified atom stereocenters. The zero-order valence-corrected chi connectivity index (χ0v) is 11.3. The molecule has 0 fully saturated rings. The lowest BCUT2D eigenvalue weighted by molar-refractivity contribution is -0.137. The van der Waals surface area contributed by atoms with Crippen LogP contribution in [-0.4, -0.2) is 16.1 Å². The van der Waals surface area contributed by atoms with Gasteiger partial charge in [-0.25, -0.2) is 4.98 Å².